The average Bonchev–Trinajstić information content (AvgIpc) is 3.24. The molecule has 1 aromatic carbocycles. The van der Waals surface area contributed by atoms with Crippen molar-refractivity contribution in [3.05, 3.63) is 73.5 Å². The minimum atomic E-state index is -0.467. The highest BCUT2D eigenvalue weighted by Gasteiger charge is 2.26. The van der Waals surface area contributed by atoms with Crippen LogP contribution in [0.2, 0.25) is 0 Å². The van der Waals surface area contributed by atoms with Crippen LogP contribution < -0.4 is 10.5 Å². The van der Waals surface area contributed by atoms with E-state index in [0.29, 0.717) is 38.0 Å². The van der Waals surface area contributed by atoms with Crippen LogP contribution in [0.3, 0.4) is 0 Å². The van der Waals surface area contributed by atoms with Crippen LogP contribution in [0.15, 0.2) is 72.9 Å². The van der Waals surface area contributed by atoms with Gasteiger partial charge < -0.3 is 20.3 Å². The number of aliphatic hydroxyl groups excluding tert-OH is 1. The van der Waals surface area contributed by atoms with Crippen molar-refractivity contribution < 1.29 is 24.2 Å². The van der Waals surface area contributed by atoms with Gasteiger partial charge in [0, 0.05) is 37.7 Å². The molecular formula is C27H34N2O5. The van der Waals surface area contributed by atoms with Crippen molar-refractivity contribution in [1.82, 2.24) is 0 Å². The predicted molar refractivity (Wildman–Crippen MR) is 134 cm³/mol. The van der Waals surface area contributed by atoms with Gasteiger partial charge in [0.25, 0.3) is 0 Å². The molecule has 0 bridgehead atoms. The first-order valence-corrected chi connectivity index (χ1v) is 11.4. The van der Waals surface area contributed by atoms with E-state index in [-0.39, 0.29) is 30.8 Å². The summed E-state index contributed by atoms with van der Waals surface area (Å²) in [5.41, 5.74) is 7.52. The van der Waals surface area contributed by atoms with E-state index in [2.05, 4.69) is 18.2 Å². The van der Waals surface area contributed by atoms with Gasteiger partial charge in [-0.1, -0.05) is 36.9 Å². The van der Waals surface area contributed by atoms with Crippen molar-refractivity contribution >= 4 is 23.5 Å². The maximum absolute atomic E-state index is 12.6. The third-order valence-corrected chi connectivity index (χ3v) is 5.45. The second kappa shape index (κ2) is 14.8. The van der Waals surface area contributed by atoms with E-state index in [0.717, 1.165) is 11.1 Å². The predicted octanol–water partition coefficient (Wildman–Crippen LogP) is 3.79. The van der Waals surface area contributed by atoms with Crippen LogP contribution in [-0.4, -0.2) is 48.4 Å². The number of carbonyl (C=O) groups is 2. The SMILES string of the molecule is C=CN=C/C=C/CC(=O)C(C=C)C/C(=C/CN)c1cccc(OCC(=O)OC2CCC(O)C2)c1. The number of nitrogens with zero attached hydrogens (tertiary/aromatic N) is 1. The Labute approximate surface area is 201 Å². The van der Waals surface area contributed by atoms with E-state index in [1.165, 1.54) is 6.20 Å². The summed E-state index contributed by atoms with van der Waals surface area (Å²) in [6.07, 6.45) is 11.8. The number of rotatable bonds is 14. The molecule has 0 amide bonds. The zero-order valence-electron chi connectivity index (χ0n) is 19.5. The van der Waals surface area contributed by atoms with Gasteiger partial charge in [-0.3, -0.25) is 9.79 Å². The molecular weight excluding hydrogens is 432 g/mol. The quantitative estimate of drug-likeness (QED) is 0.245. The number of ketones is 1. The molecule has 7 nitrogen and oxygen atoms in total. The van der Waals surface area contributed by atoms with Crippen LogP contribution in [-0.2, 0) is 14.3 Å². The summed E-state index contributed by atoms with van der Waals surface area (Å²) in [4.78, 5) is 28.6. The average molecular weight is 467 g/mol. The first-order chi connectivity index (χ1) is 16.5. The second-order valence-electron chi connectivity index (χ2n) is 7.99. The number of allylic oxidation sites excluding steroid dienone is 4. The van der Waals surface area contributed by atoms with Crippen molar-refractivity contribution in [3.8, 4) is 5.75 Å². The van der Waals surface area contributed by atoms with Gasteiger partial charge in [-0.25, -0.2) is 4.79 Å². The van der Waals surface area contributed by atoms with Gasteiger partial charge >= 0.3 is 5.97 Å². The number of benzene rings is 1. The molecule has 3 N–H and O–H groups in total. The number of ether oxygens (including phenoxy) is 2. The van der Waals surface area contributed by atoms with Crippen LogP contribution in [0, 0.1) is 5.92 Å². The van der Waals surface area contributed by atoms with E-state index >= 15 is 0 Å². The Kier molecular flexibility index (Phi) is 11.7. The molecule has 1 fully saturated rings. The third-order valence-electron chi connectivity index (χ3n) is 5.45. The number of hydrogen-bond donors (Lipinski definition) is 2. The number of carbonyl (C=O) groups excluding carboxylic acids is 2. The molecule has 0 heterocycles. The molecule has 1 aliphatic carbocycles. The highest BCUT2D eigenvalue weighted by molar-refractivity contribution is 5.87. The Balaban J connectivity index is 1.99. The minimum absolute atomic E-state index is 0.0355. The number of aliphatic imine (C=N–C) groups is 1. The molecule has 0 radical (unpaired) electrons. The zero-order valence-corrected chi connectivity index (χ0v) is 19.5. The summed E-state index contributed by atoms with van der Waals surface area (Å²) in [5.74, 6) is -0.297. The van der Waals surface area contributed by atoms with Gasteiger partial charge in [-0.05, 0) is 48.6 Å². The fourth-order valence-corrected chi connectivity index (χ4v) is 3.71. The molecule has 0 aromatic heterocycles. The number of aliphatic hydroxyl groups is 1. The maximum atomic E-state index is 12.6. The Hall–Kier alpha value is -3.29. The molecule has 1 saturated carbocycles. The van der Waals surface area contributed by atoms with Gasteiger partial charge in [0.1, 0.15) is 17.6 Å². The lowest BCUT2D eigenvalue weighted by atomic mass is 9.89. The topological polar surface area (TPSA) is 111 Å². The lowest BCUT2D eigenvalue weighted by Crippen LogP contribution is -2.21. The van der Waals surface area contributed by atoms with Crippen LogP contribution >= 0.6 is 0 Å². The number of hydrogen-bond acceptors (Lipinski definition) is 7. The lowest BCUT2D eigenvalue weighted by molar-refractivity contribution is -0.151. The molecule has 0 aliphatic heterocycles. The summed E-state index contributed by atoms with van der Waals surface area (Å²) in [6, 6.07) is 7.29. The fraction of sp³-hybridized carbons (Fsp3) is 0.370. The Bertz CT molecular complexity index is 935. The molecule has 3 unspecified atom stereocenters. The second-order valence-corrected chi connectivity index (χ2v) is 7.99. The highest BCUT2D eigenvalue weighted by Crippen LogP contribution is 2.27. The van der Waals surface area contributed by atoms with Crippen LogP contribution in [0.5, 0.6) is 5.75 Å². The molecule has 34 heavy (non-hydrogen) atoms. The highest BCUT2D eigenvalue weighted by atomic mass is 16.6. The van der Waals surface area contributed by atoms with E-state index < -0.39 is 12.1 Å². The van der Waals surface area contributed by atoms with Gasteiger partial charge in [-0.2, -0.15) is 0 Å². The summed E-state index contributed by atoms with van der Waals surface area (Å²) < 4.78 is 11.0. The van der Waals surface area contributed by atoms with Gasteiger partial charge in [0.05, 0.1) is 6.10 Å². The first-order valence-electron chi connectivity index (χ1n) is 11.4. The van der Waals surface area contributed by atoms with Crippen LogP contribution in [0.25, 0.3) is 5.57 Å². The van der Waals surface area contributed by atoms with Crippen molar-refractivity contribution in [2.75, 3.05) is 13.2 Å². The summed E-state index contributed by atoms with van der Waals surface area (Å²) >= 11 is 0. The van der Waals surface area contributed by atoms with Gasteiger partial charge in [-0.15, -0.1) is 6.58 Å². The molecule has 2 rings (SSSR count). The lowest BCUT2D eigenvalue weighted by Gasteiger charge is -2.16. The molecule has 1 aromatic rings. The van der Waals surface area contributed by atoms with Crippen molar-refractivity contribution in [1.29, 1.82) is 0 Å². The van der Waals surface area contributed by atoms with E-state index in [1.807, 2.05) is 24.3 Å². The molecule has 3 atom stereocenters. The Morgan fingerprint density at radius 1 is 1.29 bits per heavy atom. The first kappa shape index (κ1) is 27.0. The standard InChI is InChI=1S/C27H34N2O5/c1-3-20(26(31)10-5-6-15-29-4-2)16-22(13-14-28)21-8-7-9-24(17-21)33-19-27(32)34-25-12-11-23(30)18-25/h3-9,13,15,17,20,23,25,30H,1-2,10-12,14,16,18-19,28H2/b6-5+,22-13-,29-15?. The van der Waals surface area contributed by atoms with Gasteiger partial charge in [0.15, 0.2) is 6.61 Å². The van der Waals surface area contributed by atoms with E-state index in [1.54, 1.807) is 30.5 Å². The number of nitrogens with two attached hydrogens (primary N) is 1. The van der Waals surface area contributed by atoms with Gasteiger partial charge in [0.2, 0.25) is 0 Å². The largest absolute Gasteiger partial charge is 0.482 e. The smallest absolute Gasteiger partial charge is 0.344 e. The summed E-state index contributed by atoms with van der Waals surface area (Å²) in [6.45, 7) is 7.41. The van der Waals surface area contributed by atoms with Crippen molar-refractivity contribution in [2.45, 2.75) is 44.3 Å². The number of esters is 1. The third kappa shape index (κ3) is 9.29. The minimum Gasteiger partial charge on any atom is -0.482 e. The summed E-state index contributed by atoms with van der Waals surface area (Å²) in [7, 11) is 0. The molecule has 182 valence electrons. The monoisotopic (exact) mass is 466 g/mol. The van der Waals surface area contributed by atoms with E-state index in [4.69, 9.17) is 15.2 Å². The number of Topliss-reactive ketones (excluding diaryl/α,β-unsaturated/α-hetero) is 1. The molecule has 1 aliphatic rings. The molecule has 0 saturated heterocycles. The fourth-order valence-electron chi connectivity index (χ4n) is 3.71. The van der Waals surface area contributed by atoms with E-state index in [9.17, 15) is 14.7 Å². The Morgan fingerprint density at radius 2 is 2.12 bits per heavy atom. The van der Waals surface area contributed by atoms with Crippen molar-refractivity contribution in [3.63, 3.8) is 0 Å². The molecule has 7 heteroatoms. The Morgan fingerprint density at radius 3 is 2.79 bits per heavy atom. The summed E-state index contributed by atoms with van der Waals surface area (Å²) in [5, 5.41) is 9.56. The molecule has 0 spiro atoms. The maximum Gasteiger partial charge on any atom is 0.344 e. The van der Waals surface area contributed by atoms with Crippen LogP contribution in [0.1, 0.15) is 37.7 Å². The van der Waals surface area contributed by atoms with Crippen molar-refractivity contribution in [2.24, 2.45) is 16.6 Å². The zero-order chi connectivity index (χ0) is 24.8. The van der Waals surface area contributed by atoms with Crippen LogP contribution in [0.4, 0.5) is 0 Å². The normalized spacial score (nSPS) is 19.3.